The van der Waals surface area contributed by atoms with Gasteiger partial charge in [0.05, 0.1) is 22.2 Å². The van der Waals surface area contributed by atoms with Crippen molar-refractivity contribution in [2.45, 2.75) is 28.9 Å². The predicted molar refractivity (Wildman–Crippen MR) is 162 cm³/mol. The summed E-state index contributed by atoms with van der Waals surface area (Å²) in [6, 6.07) is 17.8. The van der Waals surface area contributed by atoms with Crippen molar-refractivity contribution in [1.29, 1.82) is 0 Å². The second-order valence-corrected chi connectivity index (χ2v) is 13.3. The van der Waals surface area contributed by atoms with Gasteiger partial charge in [0.25, 0.3) is 0 Å². The number of benzene rings is 3. The van der Waals surface area contributed by atoms with Crippen molar-refractivity contribution < 1.29 is 27.6 Å². The molecule has 0 aliphatic carbocycles. The van der Waals surface area contributed by atoms with Crippen LogP contribution in [0.2, 0.25) is 5.02 Å². The molecule has 4 aromatic rings. The Morgan fingerprint density at radius 3 is 2.40 bits per heavy atom. The van der Waals surface area contributed by atoms with E-state index in [1.165, 1.54) is 16.7 Å². The molecule has 2 aliphatic rings. The Morgan fingerprint density at radius 2 is 1.70 bits per heavy atom. The third kappa shape index (κ3) is 5.43. The summed E-state index contributed by atoms with van der Waals surface area (Å²) in [5.41, 5.74) is -0.597. The molecular weight excluding hydrogens is 691 g/mol. The van der Waals surface area contributed by atoms with E-state index in [2.05, 4.69) is 21.2 Å². The molecule has 0 spiro atoms. The summed E-state index contributed by atoms with van der Waals surface area (Å²) in [6.45, 7) is -0.383. The lowest BCUT2D eigenvalue weighted by Gasteiger charge is -2.30. The van der Waals surface area contributed by atoms with Crippen LogP contribution in [0, 0.1) is 5.92 Å². The van der Waals surface area contributed by atoms with Crippen molar-refractivity contribution in [3.05, 3.63) is 108 Å². The quantitative estimate of drug-likeness (QED) is 0.231. The third-order valence-corrected chi connectivity index (χ3v) is 10.5. The zero-order chi connectivity index (χ0) is 30.6. The number of rotatable bonds is 5. The maximum absolute atomic E-state index is 14.0. The van der Waals surface area contributed by atoms with Gasteiger partial charge in [-0.15, -0.1) is 0 Å². The first kappa shape index (κ1) is 29.7. The number of fused-ring (bicyclic) bond motifs is 2. The summed E-state index contributed by atoms with van der Waals surface area (Å²) in [7, 11) is 0. The molecule has 220 valence electrons. The highest BCUT2D eigenvalue weighted by Crippen LogP contribution is 2.54. The van der Waals surface area contributed by atoms with Crippen molar-refractivity contribution >= 4 is 79.7 Å². The average molecular weight is 709 g/mol. The fraction of sp³-hybridized carbons (Fsp3) is 0.172. The Kier molecular flexibility index (Phi) is 7.78. The number of amides is 3. The number of para-hydroxylation sites is 1. The lowest BCUT2D eigenvalue weighted by molar-refractivity contribution is -0.137. The molecule has 0 radical (unpaired) electrons. The van der Waals surface area contributed by atoms with Crippen LogP contribution in [0.1, 0.15) is 21.9 Å². The zero-order valence-electron chi connectivity index (χ0n) is 21.6. The van der Waals surface area contributed by atoms with Crippen molar-refractivity contribution in [1.82, 2.24) is 4.57 Å². The molecule has 1 saturated heterocycles. The van der Waals surface area contributed by atoms with Gasteiger partial charge in [0, 0.05) is 26.0 Å². The lowest BCUT2D eigenvalue weighted by Crippen LogP contribution is -2.33. The van der Waals surface area contributed by atoms with Gasteiger partial charge in [0.2, 0.25) is 17.7 Å². The van der Waals surface area contributed by atoms with Crippen LogP contribution in [0.3, 0.4) is 0 Å². The van der Waals surface area contributed by atoms with E-state index in [9.17, 15) is 32.3 Å². The zero-order valence-corrected chi connectivity index (χ0v) is 25.6. The second kappa shape index (κ2) is 11.3. The monoisotopic (exact) mass is 707 g/mol. The van der Waals surface area contributed by atoms with Crippen molar-refractivity contribution in [3.63, 3.8) is 0 Å². The summed E-state index contributed by atoms with van der Waals surface area (Å²) in [4.78, 5) is 54.6. The predicted octanol–water partition coefficient (Wildman–Crippen LogP) is 6.78. The van der Waals surface area contributed by atoms with Crippen molar-refractivity contribution in [2.75, 3.05) is 10.2 Å². The fourth-order valence-corrected chi connectivity index (χ4v) is 8.65. The number of thiazole rings is 1. The van der Waals surface area contributed by atoms with E-state index in [1.54, 1.807) is 48.5 Å². The molecule has 3 aromatic carbocycles. The van der Waals surface area contributed by atoms with Crippen LogP contribution in [-0.2, 0) is 27.1 Å². The van der Waals surface area contributed by atoms with E-state index in [0.717, 1.165) is 35.2 Å². The normalized spacial score (nSPS) is 19.7. The highest BCUT2D eigenvalue weighted by Gasteiger charge is 2.57. The molecule has 0 bridgehead atoms. The molecular formula is C29H18BrClF3N3O4S2. The lowest BCUT2D eigenvalue weighted by atomic mass is 9.83. The number of halogens is 5. The van der Waals surface area contributed by atoms with Crippen LogP contribution in [0.4, 0.5) is 24.5 Å². The molecule has 6 rings (SSSR count). The molecule has 2 unspecified atom stereocenters. The maximum atomic E-state index is 14.0. The van der Waals surface area contributed by atoms with Gasteiger partial charge in [0.15, 0.2) is 0 Å². The van der Waals surface area contributed by atoms with E-state index in [4.69, 9.17) is 11.6 Å². The van der Waals surface area contributed by atoms with Gasteiger partial charge in [0.1, 0.15) is 11.8 Å². The first-order valence-corrected chi connectivity index (χ1v) is 15.6. The molecule has 3 atom stereocenters. The van der Waals surface area contributed by atoms with E-state index < -0.39 is 57.1 Å². The van der Waals surface area contributed by atoms with Gasteiger partial charge in [-0.1, -0.05) is 74.9 Å². The topological polar surface area (TPSA) is 88.5 Å². The number of hydrogen-bond donors (Lipinski definition) is 1. The number of hydrogen-bond acceptors (Lipinski definition) is 6. The Balaban J connectivity index is 1.43. The number of aromatic nitrogens is 1. The van der Waals surface area contributed by atoms with Crippen LogP contribution in [0.25, 0.3) is 0 Å². The summed E-state index contributed by atoms with van der Waals surface area (Å²) in [6.07, 6.45) is -4.81. The minimum atomic E-state index is -4.81. The van der Waals surface area contributed by atoms with Gasteiger partial charge in [-0.2, -0.15) is 13.2 Å². The number of anilines is 2. The van der Waals surface area contributed by atoms with Crippen molar-refractivity contribution in [3.8, 4) is 0 Å². The fourth-order valence-electron chi connectivity index (χ4n) is 5.34. The standard InChI is InChI=1S/C29H18BrClF3N3O4S2/c30-15-5-3-4-14(12-15)21-22-23(26(40)37(25(22)39)19-7-2-1-6-18(19)29(32,33)34)42-27-24(21)43-28(41)36(27)13-20(38)35-17-10-8-16(31)9-11-17/h1-12,21-23H,13H2,(H,35,38)/t21-,22?,23?/m1/s1. The van der Waals surface area contributed by atoms with Crippen LogP contribution in [0.15, 0.2) is 87.1 Å². The van der Waals surface area contributed by atoms with E-state index in [0.29, 0.717) is 35.5 Å². The van der Waals surface area contributed by atoms with Gasteiger partial charge >= 0.3 is 11.0 Å². The van der Waals surface area contributed by atoms with E-state index >= 15 is 0 Å². The molecule has 14 heteroatoms. The summed E-state index contributed by atoms with van der Waals surface area (Å²) in [5.74, 6) is -4.03. The van der Waals surface area contributed by atoms with Gasteiger partial charge < -0.3 is 5.32 Å². The minimum absolute atomic E-state index is 0.319. The number of alkyl halides is 3. The molecule has 1 N–H and O–H groups in total. The maximum Gasteiger partial charge on any atom is 0.418 e. The number of carbonyl (C=O) groups is 3. The minimum Gasteiger partial charge on any atom is -0.325 e. The molecule has 1 aromatic heterocycles. The number of imide groups is 1. The number of nitrogens with zero attached hydrogens (tertiary/aromatic N) is 2. The Bertz CT molecular complexity index is 1840. The Labute approximate surface area is 263 Å². The largest absolute Gasteiger partial charge is 0.418 e. The van der Waals surface area contributed by atoms with Gasteiger partial charge in [-0.3, -0.25) is 23.7 Å². The summed E-state index contributed by atoms with van der Waals surface area (Å²) in [5, 5.41) is 2.36. The second-order valence-electron chi connectivity index (χ2n) is 9.80. The molecule has 2 aliphatic heterocycles. The third-order valence-electron chi connectivity index (χ3n) is 7.14. The molecule has 1 fully saturated rings. The highest BCUT2D eigenvalue weighted by molar-refractivity contribution is 9.10. The molecule has 3 heterocycles. The number of carbonyl (C=O) groups excluding carboxylic acids is 3. The van der Waals surface area contributed by atoms with Crippen LogP contribution < -0.4 is 15.1 Å². The first-order chi connectivity index (χ1) is 20.4. The summed E-state index contributed by atoms with van der Waals surface area (Å²) < 4.78 is 43.7. The Hall–Kier alpha value is -3.39. The van der Waals surface area contributed by atoms with Crippen LogP contribution in [0.5, 0.6) is 0 Å². The molecule has 0 saturated carbocycles. The first-order valence-electron chi connectivity index (χ1n) is 12.7. The SMILES string of the molecule is O=C(Cn1c2c(sc1=O)[C@H](c1cccc(Br)c1)C1C(=O)N(c3ccccc3C(F)(F)F)C(=O)C1S2)Nc1ccc(Cl)cc1. The van der Waals surface area contributed by atoms with E-state index in [-0.39, 0.29) is 6.54 Å². The summed E-state index contributed by atoms with van der Waals surface area (Å²) >= 11 is 11.1. The average Bonchev–Trinajstić information content (AvgIpc) is 3.39. The van der Waals surface area contributed by atoms with Gasteiger partial charge in [-0.25, -0.2) is 4.90 Å². The van der Waals surface area contributed by atoms with Crippen LogP contribution >= 0.6 is 50.6 Å². The molecule has 7 nitrogen and oxygen atoms in total. The highest BCUT2D eigenvalue weighted by atomic mass is 79.9. The molecule has 43 heavy (non-hydrogen) atoms. The van der Waals surface area contributed by atoms with E-state index in [1.807, 2.05) is 0 Å². The van der Waals surface area contributed by atoms with Crippen molar-refractivity contribution in [2.24, 2.45) is 5.92 Å². The number of thioether (sulfide) groups is 1. The number of nitrogens with one attached hydrogen (secondary N) is 1. The smallest absolute Gasteiger partial charge is 0.325 e. The molecule has 3 amide bonds. The Morgan fingerprint density at radius 1 is 0.977 bits per heavy atom. The van der Waals surface area contributed by atoms with Gasteiger partial charge in [-0.05, 0) is 54.1 Å². The van der Waals surface area contributed by atoms with Crippen LogP contribution in [-0.4, -0.2) is 27.5 Å².